The van der Waals surface area contributed by atoms with E-state index in [9.17, 15) is 9.00 Å². The van der Waals surface area contributed by atoms with Crippen molar-refractivity contribution in [2.75, 3.05) is 16.8 Å². The predicted molar refractivity (Wildman–Crippen MR) is 90.8 cm³/mol. The molecule has 130 valence electrons. The lowest BCUT2D eigenvalue weighted by Gasteiger charge is -2.23. The molecule has 1 amide bonds. The van der Waals surface area contributed by atoms with E-state index in [1.54, 1.807) is 17.9 Å². The van der Waals surface area contributed by atoms with Gasteiger partial charge in [-0.1, -0.05) is 0 Å². The fourth-order valence-electron chi connectivity index (χ4n) is 2.43. The lowest BCUT2D eigenvalue weighted by Crippen LogP contribution is -2.35. The molecule has 0 bridgehead atoms. The number of nitrogens with zero attached hydrogens (tertiary/aromatic N) is 2. The molecule has 1 saturated heterocycles. The average molecular weight is 342 g/mol. The molecule has 8 heteroatoms. The summed E-state index contributed by atoms with van der Waals surface area (Å²) in [6.07, 6.45) is 3.08. The normalized spacial score (nSPS) is 21.9. The van der Waals surface area contributed by atoms with E-state index in [1.165, 1.54) is 0 Å². The molecule has 0 unspecified atom stereocenters. The Hall–Kier alpha value is -1.41. The number of anilines is 1. The highest BCUT2D eigenvalue weighted by Gasteiger charge is 2.21. The van der Waals surface area contributed by atoms with E-state index in [2.05, 4.69) is 15.7 Å². The van der Waals surface area contributed by atoms with Gasteiger partial charge in [-0.05, 0) is 33.6 Å². The van der Waals surface area contributed by atoms with Crippen molar-refractivity contribution in [3.8, 4) is 0 Å². The van der Waals surface area contributed by atoms with Crippen LogP contribution in [0.1, 0.15) is 39.2 Å². The molecule has 0 spiro atoms. The number of nitrogens with one attached hydrogen (secondary N) is 2. The minimum Gasteiger partial charge on any atom is -0.444 e. The standard InChI is InChI=1S/C15H26N4O3S/c1-15(2,3)22-14(20)18-13-11(10-17-19(13)4)9-16-12-5-7-23(21)8-6-12/h10,12,16H,5-9H2,1-4H3,(H,18,20). The topological polar surface area (TPSA) is 85.3 Å². The Bertz CT molecular complexity index is 570. The van der Waals surface area contributed by atoms with Gasteiger partial charge >= 0.3 is 6.09 Å². The second-order valence-electron chi connectivity index (χ2n) is 6.77. The smallest absolute Gasteiger partial charge is 0.413 e. The minimum atomic E-state index is -0.657. The van der Waals surface area contributed by atoms with Crippen LogP contribution >= 0.6 is 0 Å². The van der Waals surface area contributed by atoms with E-state index >= 15 is 0 Å². The number of amides is 1. The van der Waals surface area contributed by atoms with Crippen molar-refractivity contribution >= 4 is 22.7 Å². The van der Waals surface area contributed by atoms with E-state index in [4.69, 9.17) is 4.74 Å². The Labute approximate surface area is 139 Å². The predicted octanol–water partition coefficient (Wildman–Crippen LogP) is 1.77. The van der Waals surface area contributed by atoms with Crippen molar-refractivity contribution in [3.05, 3.63) is 11.8 Å². The summed E-state index contributed by atoms with van der Waals surface area (Å²) >= 11 is 0. The van der Waals surface area contributed by atoms with Crippen molar-refractivity contribution < 1.29 is 13.7 Å². The summed E-state index contributed by atoms with van der Waals surface area (Å²) in [5.74, 6) is 2.15. The molecule has 1 aromatic rings. The molecule has 1 aromatic heterocycles. The summed E-state index contributed by atoms with van der Waals surface area (Å²) in [6, 6.07) is 0.363. The summed E-state index contributed by atoms with van der Waals surface area (Å²) in [4.78, 5) is 11.9. The molecule has 0 saturated carbocycles. The van der Waals surface area contributed by atoms with E-state index < -0.39 is 22.5 Å². The maximum atomic E-state index is 11.9. The van der Waals surface area contributed by atoms with Crippen LogP contribution in [0.4, 0.5) is 10.6 Å². The molecule has 0 atom stereocenters. The number of carbonyl (C=O) groups is 1. The molecule has 1 fully saturated rings. The maximum Gasteiger partial charge on any atom is 0.413 e. The summed E-state index contributed by atoms with van der Waals surface area (Å²) in [5, 5.41) is 10.4. The van der Waals surface area contributed by atoms with Gasteiger partial charge in [0.25, 0.3) is 0 Å². The molecule has 1 aliphatic rings. The van der Waals surface area contributed by atoms with Crippen LogP contribution < -0.4 is 10.6 Å². The highest BCUT2D eigenvalue weighted by Crippen LogP contribution is 2.17. The Morgan fingerprint density at radius 2 is 2.09 bits per heavy atom. The first-order valence-corrected chi connectivity index (χ1v) is 9.32. The number of ether oxygens (including phenoxy) is 1. The van der Waals surface area contributed by atoms with E-state index in [-0.39, 0.29) is 0 Å². The van der Waals surface area contributed by atoms with Gasteiger partial charge in [-0.25, -0.2) is 4.79 Å². The summed E-state index contributed by atoms with van der Waals surface area (Å²) in [5.41, 5.74) is 0.365. The fourth-order valence-corrected chi connectivity index (χ4v) is 3.73. The van der Waals surface area contributed by atoms with Crippen LogP contribution in [0.5, 0.6) is 0 Å². The third-order valence-electron chi connectivity index (χ3n) is 3.60. The minimum absolute atomic E-state index is 0.363. The summed E-state index contributed by atoms with van der Waals surface area (Å²) < 4.78 is 18.3. The largest absolute Gasteiger partial charge is 0.444 e. The average Bonchev–Trinajstić information content (AvgIpc) is 2.77. The van der Waals surface area contributed by atoms with Gasteiger partial charge in [0.15, 0.2) is 0 Å². The zero-order valence-corrected chi connectivity index (χ0v) is 15.0. The highest BCUT2D eigenvalue weighted by atomic mass is 32.2. The van der Waals surface area contributed by atoms with Crippen LogP contribution in [-0.4, -0.2) is 43.2 Å². The molecule has 1 aliphatic heterocycles. The first-order chi connectivity index (χ1) is 10.7. The van der Waals surface area contributed by atoms with Crippen molar-refractivity contribution in [3.63, 3.8) is 0 Å². The highest BCUT2D eigenvalue weighted by molar-refractivity contribution is 7.85. The Kier molecular flexibility index (Phi) is 5.80. The molecule has 23 heavy (non-hydrogen) atoms. The molecule has 2 heterocycles. The van der Waals surface area contributed by atoms with Gasteiger partial charge in [0, 0.05) is 47.5 Å². The Balaban J connectivity index is 1.93. The van der Waals surface area contributed by atoms with Gasteiger partial charge in [-0.3, -0.25) is 14.2 Å². The van der Waals surface area contributed by atoms with Crippen molar-refractivity contribution in [2.24, 2.45) is 7.05 Å². The van der Waals surface area contributed by atoms with E-state index in [0.717, 1.165) is 29.9 Å². The lowest BCUT2D eigenvalue weighted by molar-refractivity contribution is 0.0634. The molecule has 0 aliphatic carbocycles. The summed E-state index contributed by atoms with van der Waals surface area (Å²) in [7, 11) is 1.12. The summed E-state index contributed by atoms with van der Waals surface area (Å²) in [6.45, 7) is 6.08. The van der Waals surface area contributed by atoms with E-state index in [0.29, 0.717) is 18.4 Å². The monoisotopic (exact) mass is 342 g/mol. The van der Waals surface area contributed by atoms with Crippen LogP contribution in [0, 0.1) is 0 Å². The van der Waals surface area contributed by atoms with Crippen molar-refractivity contribution in [1.82, 2.24) is 15.1 Å². The van der Waals surface area contributed by atoms with E-state index in [1.807, 2.05) is 20.8 Å². The lowest BCUT2D eigenvalue weighted by atomic mass is 10.1. The third kappa shape index (κ3) is 5.62. The Morgan fingerprint density at radius 3 is 2.70 bits per heavy atom. The molecule has 2 N–H and O–H groups in total. The maximum absolute atomic E-state index is 11.9. The van der Waals surface area contributed by atoms with Crippen LogP contribution in [0.2, 0.25) is 0 Å². The van der Waals surface area contributed by atoms with Crippen LogP contribution in [0.25, 0.3) is 0 Å². The van der Waals surface area contributed by atoms with Crippen LogP contribution in [-0.2, 0) is 29.1 Å². The zero-order chi connectivity index (χ0) is 17.0. The molecule has 2 rings (SSSR count). The van der Waals surface area contributed by atoms with Gasteiger partial charge in [0.1, 0.15) is 11.4 Å². The third-order valence-corrected chi connectivity index (χ3v) is 4.99. The van der Waals surface area contributed by atoms with Crippen LogP contribution in [0.3, 0.4) is 0 Å². The number of hydrogen-bond acceptors (Lipinski definition) is 5. The first-order valence-electron chi connectivity index (χ1n) is 7.84. The number of rotatable bonds is 4. The molecule has 0 aromatic carbocycles. The van der Waals surface area contributed by atoms with Gasteiger partial charge in [0.2, 0.25) is 0 Å². The zero-order valence-electron chi connectivity index (χ0n) is 14.2. The molecular weight excluding hydrogens is 316 g/mol. The number of aromatic nitrogens is 2. The second kappa shape index (κ2) is 7.44. The van der Waals surface area contributed by atoms with Gasteiger partial charge in [-0.2, -0.15) is 5.10 Å². The fraction of sp³-hybridized carbons (Fsp3) is 0.733. The number of carbonyl (C=O) groups excluding carboxylic acids is 1. The van der Waals surface area contributed by atoms with Crippen molar-refractivity contribution in [2.45, 2.75) is 51.8 Å². The molecule has 0 radical (unpaired) electrons. The molecular formula is C15H26N4O3S. The van der Waals surface area contributed by atoms with Crippen LogP contribution in [0.15, 0.2) is 6.20 Å². The number of aryl methyl sites for hydroxylation is 1. The second-order valence-corrected chi connectivity index (χ2v) is 8.47. The van der Waals surface area contributed by atoms with Crippen molar-refractivity contribution in [1.29, 1.82) is 0 Å². The quantitative estimate of drug-likeness (QED) is 0.871. The van der Waals surface area contributed by atoms with Gasteiger partial charge < -0.3 is 10.1 Å². The molecule has 7 nitrogen and oxygen atoms in total. The van der Waals surface area contributed by atoms with Gasteiger partial charge in [0.05, 0.1) is 6.20 Å². The SMILES string of the molecule is Cn1ncc(CNC2CCS(=O)CC2)c1NC(=O)OC(C)(C)C. The Morgan fingerprint density at radius 1 is 1.43 bits per heavy atom. The van der Waals surface area contributed by atoms with Gasteiger partial charge in [-0.15, -0.1) is 0 Å². The number of hydrogen-bond donors (Lipinski definition) is 2. The first kappa shape index (κ1) is 17.9.